The van der Waals surface area contributed by atoms with Crippen molar-refractivity contribution in [3.05, 3.63) is 82.3 Å². The van der Waals surface area contributed by atoms with E-state index in [0.29, 0.717) is 16.7 Å². The first kappa shape index (κ1) is 26.4. The molecule has 0 N–H and O–H groups in total. The SMILES string of the molecule is CS(=O)(=O)c1ccc(-c2cccc(C3CC(C(F)(F)C(F)(F)F)=NN3c3c(Cl)cccc3Cl)c2)cc1. The molecular weight excluding hydrogens is 546 g/mol. The van der Waals surface area contributed by atoms with Crippen LogP contribution in [0, 0.1) is 0 Å². The van der Waals surface area contributed by atoms with Gasteiger partial charge in [-0.15, -0.1) is 0 Å². The molecule has 1 aliphatic rings. The molecule has 3 aromatic carbocycles. The summed E-state index contributed by atoms with van der Waals surface area (Å²) in [4.78, 5) is 0.116. The van der Waals surface area contributed by atoms with Crippen LogP contribution in [0.2, 0.25) is 10.0 Å². The predicted molar refractivity (Wildman–Crippen MR) is 130 cm³/mol. The van der Waals surface area contributed by atoms with Crippen LogP contribution in [-0.4, -0.2) is 32.5 Å². The molecule has 0 radical (unpaired) electrons. The van der Waals surface area contributed by atoms with Crippen LogP contribution in [0.5, 0.6) is 0 Å². The van der Waals surface area contributed by atoms with Crippen LogP contribution in [0.1, 0.15) is 18.0 Å². The summed E-state index contributed by atoms with van der Waals surface area (Å²) in [7, 11) is -3.41. The summed E-state index contributed by atoms with van der Waals surface area (Å²) in [5.74, 6) is -5.16. The van der Waals surface area contributed by atoms with E-state index in [1.54, 1.807) is 36.4 Å². The number of sulfone groups is 1. The summed E-state index contributed by atoms with van der Waals surface area (Å²) >= 11 is 12.5. The lowest BCUT2D eigenvalue weighted by Gasteiger charge is -2.26. The first-order valence-corrected chi connectivity index (χ1v) is 13.0. The van der Waals surface area contributed by atoms with Crippen LogP contribution in [0.4, 0.5) is 27.6 Å². The second-order valence-corrected chi connectivity index (χ2v) is 11.0. The van der Waals surface area contributed by atoms with Crippen molar-refractivity contribution in [1.82, 2.24) is 0 Å². The first-order valence-electron chi connectivity index (χ1n) is 10.4. The molecule has 0 aromatic heterocycles. The number of benzene rings is 3. The van der Waals surface area contributed by atoms with Crippen LogP contribution in [0.25, 0.3) is 11.1 Å². The van der Waals surface area contributed by atoms with Crippen LogP contribution in [0.3, 0.4) is 0 Å². The summed E-state index contributed by atoms with van der Waals surface area (Å²) in [5, 5.41) is 4.71. The van der Waals surface area contributed by atoms with E-state index in [-0.39, 0.29) is 20.6 Å². The molecule has 36 heavy (non-hydrogen) atoms. The van der Waals surface area contributed by atoms with E-state index in [1.807, 2.05) is 0 Å². The number of halogens is 7. The quantitative estimate of drug-likeness (QED) is 0.301. The van der Waals surface area contributed by atoms with Crippen molar-refractivity contribution in [3.63, 3.8) is 0 Å². The Labute approximate surface area is 213 Å². The zero-order valence-corrected chi connectivity index (χ0v) is 20.7. The third-order valence-corrected chi connectivity index (χ3v) is 7.42. The lowest BCUT2D eigenvalue weighted by atomic mass is 9.95. The monoisotopic (exact) mass is 562 g/mol. The largest absolute Gasteiger partial charge is 0.459 e. The minimum Gasteiger partial charge on any atom is -0.254 e. The van der Waals surface area contributed by atoms with E-state index in [2.05, 4.69) is 5.10 Å². The highest BCUT2D eigenvalue weighted by atomic mass is 35.5. The Morgan fingerprint density at radius 1 is 0.889 bits per heavy atom. The van der Waals surface area contributed by atoms with Crippen molar-refractivity contribution >= 4 is 44.4 Å². The summed E-state index contributed by atoms with van der Waals surface area (Å²) < 4.78 is 91.5. The van der Waals surface area contributed by atoms with Crippen molar-refractivity contribution < 1.29 is 30.4 Å². The summed E-state index contributed by atoms with van der Waals surface area (Å²) in [6, 6.07) is 15.8. The maximum absolute atomic E-state index is 14.3. The van der Waals surface area contributed by atoms with Crippen LogP contribution in [-0.2, 0) is 9.84 Å². The molecule has 0 spiro atoms. The van der Waals surface area contributed by atoms with Gasteiger partial charge in [-0.05, 0) is 47.0 Å². The van der Waals surface area contributed by atoms with Gasteiger partial charge in [-0.3, -0.25) is 5.01 Å². The third kappa shape index (κ3) is 4.94. The van der Waals surface area contributed by atoms with E-state index in [9.17, 15) is 30.4 Å². The Morgan fingerprint density at radius 3 is 2.03 bits per heavy atom. The lowest BCUT2D eigenvalue weighted by Crippen LogP contribution is -2.43. The third-order valence-electron chi connectivity index (χ3n) is 5.68. The van der Waals surface area contributed by atoms with Gasteiger partial charge in [0.15, 0.2) is 9.84 Å². The summed E-state index contributed by atoms with van der Waals surface area (Å²) in [6.45, 7) is 0. The van der Waals surface area contributed by atoms with Gasteiger partial charge >= 0.3 is 12.1 Å². The number of para-hydroxylation sites is 1. The fraction of sp³-hybridized carbons (Fsp3) is 0.208. The van der Waals surface area contributed by atoms with Gasteiger partial charge in [0.25, 0.3) is 0 Å². The van der Waals surface area contributed by atoms with Crippen molar-refractivity contribution in [2.75, 3.05) is 11.3 Å². The lowest BCUT2D eigenvalue weighted by molar-refractivity contribution is -0.249. The Morgan fingerprint density at radius 2 is 1.47 bits per heavy atom. The molecule has 0 fully saturated rings. The zero-order valence-electron chi connectivity index (χ0n) is 18.4. The van der Waals surface area contributed by atoms with Gasteiger partial charge in [0, 0.05) is 12.7 Å². The summed E-state index contributed by atoms with van der Waals surface area (Å²) in [5.41, 5.74) is 0.230. The molecule has 1 atom stereocenters. The molecule has 1 unspecified atom stereocenters. The number of hydrogen-bond acceptors (Lipinski definition) is 4. The smallest absolute Gasteiger partial charge is 0.254 e. The molecule has 4 nitrogen and oxygen atoms in total. The topological polar surface area (TPSA) is 49.7 Å². The molecule has 0 saturated heterocycles. The number of hydrazone groups is 1. The van der Waals surface area contributed by atoms with Gasteiger partial charge < -0.3 is 0 Å². The van der Waals surface area contributed by atoms with Gasteiger partial charge in [-0.25, -0.2) is 8.42 Å². The Hall–Kier alpha value is -2.69. The predicted octanol–water partition coefficient (Wildman–Crippen LogP) is 7.57. The molecule has 1 heterocycles. The van der Waals surface area contributed by atoms with Crippen molar-refractivity contribution in [2.45, 2.75) is 29.5 Å². The van der Waals surface area contributed by atoms with Crippen LogP contribution in [0.15, 0.2) is 76.7 Å². The van der Waals surface area contributed by atoms with E-state index in [4.69, 9.17) is 23.2 Å². The average molecular weight is 563 g/mol. The number of alkyl halides is 5. The normalized spacial score (nSPS) is 16.8. The molecular formula is C24H17Cl2F5N2O2S. The van der Waals surface area contributed by atoms with Gasteiger partial charge in [0.05, 0.1) is 26.7 Å². The standard InChI is InChI=1S/C24H17Cl2F5N2O2S/c1-36(34,35)17-10-8-14(9-11-17)15-4-2-5-16(12-15)20-13-21(23(27,28)24(29,30)31)32-33(20)22-18(25)6-3-7-19(22)26/h2-12,20H,13H2,1H3. The zero-order chi connectivity index (χ0) is 26.5. The molecule has 0 bridgehead atoms. The maximum Gasteiger partial charge on any atom is 0.459 e. The molecule has 0 saturated carbocycles. The molecule has 1 aliphatic heterocycles. The van der Waals surface area contributed by atoms with Gasteiger partial charge in [-0.1, -0.05) is 59.6 Å². The fourth-order valence-electron chi connectivity index (χ4n) is 3.86. The number of nitrogens with zero attached hydrogens (tertiary/aromatic N) is 2. The van der Waals surface area contributed by atoms with Crippen molar-refractivity contribution in [2.24, 2.45) is 5.10 Å². The second-order valence-electron chi connectivity index (χ2n) is 8.18. The Kier molecular flexibility index (Phi) is 6.83. The Bertz CT molecular complexity index is 1420. The number of anilines is 1. The molecule has 3 aromatic rings. The van der Waals surface area contributed by atoms with E-state index < -0.39 is 40.1 Å². The van der Waals surface area contributed by atoms with Gasteiger partial charge in [0.2, 0.25) is 0 Å². The van der Waals surface area contributed by atoms with E-state index in [1.165, 1.54) is 30.3 Å². The number of rotatable bonds is 5. The molecule has 0 aliphatic carbocycles. The van der Waals surface area contributed by atoms with E-state index in [0.717, 1.165) is 11.3 Å². The van der Waals surface area contributed by atoms with Gasteiger partial charge in [-0.2, -0.15) is 27.1 Å². The fourth-order valence-corrected chi connectivity index (χ4v) is 5.06. The molecule has 0 amide bonds. The number of hydrogen-bond donors (Lipinski definition) is 0. The average Bonchev–Trinajstić information content (AvgIpc) is 3.24. The second kappa shape index (κ2) is 9.32. The minimum atomic E-state index is -5.83. The van der Waals surface area contributed by atoms with Crippen molar-refractivity contribution in [1.29, 1.82) is 0 Å². The molecule has 190 valence electrons. The highest BCUT2D eigenvalue weighted by Gasteiger charge is 2.63. The summed E-state index contributed by atoms with van der Waals surface area (Å²) in [6.07, 6.45) is -5.49. The van der Waals surface area contributed by atoms with Crippen molar-refractivity contribution in [3.8, 4) is 11.1 Å². The maximum atomic E-state index is 14.3. The van der Waals surface area contributed by atoms with Crippen LogP contribution >= 0.6 is 23.2 Å². The molecule has 4 rings (SSSR count). The highest BCUT2D eigenvalue weighted by Crippen LogP contribution is 2.47. The van der Waals surface area contributed by atoms with E-state index >= 15 is 0 Å². The first-order chi connectivity index (χ1) is 16.7. The molecule has 12 heteroatoms. The highest BCUT2D eigenvalue weighted by molar-refractivity contribution is 7.90. The van der Waals surface area contributed by atoms with Gasteiger partial charge in [0.1, 0.15) is 5.71 Å². The minimum absolute atomic E-state index is 0.00159. The van der Waals surface area contributed by atoms with Crippen LogP contribution < -0.4 is 5.01 Å². The Balaban J connectivity index is 1.79.